The van der Waals surface area contributed by atoms with Crippen molar-refractivity contribution in [2.75, 3.05) is 13.1 Å². The summed E-state index contributed by atoms with van der Waals surface area (Å²) >= 11 is 11.7. The van der Waals surface area contributed by atoms with Crippen molar-refractivity contribution in [3.8, 4) is 0 Å². The second-order valence-corrected chi connectivity index (χ2v) is 7.30. The van der Waals surface area contributed by atoms with Crippen molar-refractivity contribution in [1.29, 1.82) is 0 Å². The first-order valence-corrected chi connectivity index (χ1v) is 7.84. The minimum absolute atomic E-state index is 0.167. The molecule has 0 saturated carbocycles. The third-order valence-electron chi connectivity index (χ3n) is 3.09. The first-order valence-electron chi connectivity index (χ1n) is 5.58. The van der Waals surface area contributed by atoms with Crippen molar-refractivity contribution < 1.29 is 8.42 Å². The average molecular weight is 309 g/mol. The Morgan fingerprint density at radius 3 is 2.61 bits per heavy atom. The predicted octanol–water partition coefficient (Wildman–Crippen LogP) is 1.86. The minimum Gasteiger partial charge on any atom is -0.329 e. The van der Waals surface area contributed by atoms with Gasteiger partial charge in [-0.15, -0.1) is 0 Å². The maximum Gasteiger partial charge on any atom is 0.218 e. The van der Waals surface area contributed by atoms with Crippen LogP contribution >= 0.6 is 23.2 Å². The highest BCUT2D eigenvalue weighted by Gasteiger charge is 2.37. The maximum absolute atomic E-state index is 12.1. The summed E-state index contributed by atoms with van der Waals surface area (Å²) in [7, 11) is -3.27. The van der Waals surface area contributed by atoms with Crippen molar-refractivity contribution in [1.82, 2.24) is 4.31 Å². The molecule has 2 N–H and O–H groups in total. The van der Waals surface area contributed by atoms with Gasteiger partial charge in [0.05, 0.1) is 15.3 Å². The summed E-state index contributed by atoms with van der Waals surface area (Å²) in [5, 5.41) is 0.436. The number of hydrogen-bond acceptors (Lipinski definition) is 3. The molecule has 0 bridgehead atoms. The second kappa shape index (κ2) is 5.35. The lowest BCUT2D eigenvalue weighted by Crippen LogP contribution is -2.32. The summed E-state index contributed by atoms with van der Waals surface area (Å²) in [4.78, 5) is 0. The Kier molecular flexibility index (Phi) is 4.18. The maximum atomic E-state index is 12.1. The van der Waals surface area contributed by atoms with Crippen LogP contribution in [-0.2, 0) is 16.6 Å². The largest absolute Gasteiger partial charge is 0.329 e. The van der Waals surface area contributed by atoms with E-state index in [1.165, 1.54) is 4.31 Å². The molecule has 2 rings (SSSR count). The summed E-state index contributed by atoms with van der Waals surface area (Å²) < 4.78 is 25.6. The molecule has 1 aliphatic rings. The molecule has 0 aliphatic carbocycles. The summed E-state index contributed by atoms with van der Waals surface area (Å²) in [5.41, 5.74) is 6.29. The van der Waals surface area contributed by atoms with E-state index in [1.807, 2.05) is 0 Å². The number of nitrogens with zero attached hydrogens (tertiary/aromatic N) is 1. The molecule has 1 aliphatic heterocycles. The van der Waals surface area contributed by atoms with Crippen LogP contribution in [0.1, 0.15) is 12.0 Å². The van der Waals surface area contributed by atoms with Crippen molar-refractivity contribution >= 4 is 33.2 Å². The fraction of sp³-hybridized carbons (Fsp3) is 0.455. The van der Waals surface area contributed by atoms with E-state index in [9.17, 15) is 8.42 Å². The first-order chi connectivity index (χ1) is 8.45. The van der Waals surface area contributed by atoms with Gasteiger partial charge in [0.25, 0.3) is 0 Å². The van der Waals surface area contributed by atoms with Crippen molar-refractivity contribution in [3.63, 3.8) is 0 Å². The van der Waals surface area contributed by atoms with Gasteiger partial charge in [-0.1, -0.05) is 29.3 Å². The highest BCUT2D eigenvalue weighted by atomic mass is 35.5. The lowest BCUT2D eigenvalue weighted by Gasteiger charge is -2.16. The van der Waals surface area contributed by atoms with Crippen LogP contribution in [-0.4, -0.2) is 31.1 Å². The third-order valence-corrected chi connectivity index (χ3v) is 6.13. The van der Waals surface area contributed by atoms with Gasteiger partial charge in [0.2, 0.25) is 10.0 Å². The molecule has 1 fully saturated rings. The number of benzene rings is 1. The molecule has 1 aromatic carbocycles. The minimum atomic E-state index is -3.27. The van der Waals surface area contributed by atoms with E-state index < -0.39 is 15.3 Å². The van der Waals surface area contributed by atoms with E-state index in [4.69, 9.17) is 28.9 Å². The van der Waals surface area contributed by atoms with E-state index in [0.29, 0.717) is 29.6 Å². The first kappa shape index (κ1) is 14.1. The highest BCUT2D eigenvalue weighted by Crippen LogP contribution is 2.27. The van der Waals surface area contributed by atoms with Gasteiger partial charge in [-0.25, -0.2) is 8.42 Å². The Balaban J connectivity index is 2.18. The van der Waals surface area contributed by atoms with Gasteiger partial charge in [0.1, 0.15) is 0 Å². The molecule has 0 radical (unpaired) electrons. The van der Waals surface area contributed by atoms with E-state index in [2.05, 4.69) is 0 Å². The molecule has 0 amide bonds. The van der Waals surface area contributed by atoms with Crippen molar-refractivity contribution in [2.24, 2.45) is 5.73 Å². The van der Waals surface area contributed by atoms with Gasteiger partial charge in [-0.05, 0) is 24.1 Å². The molecule has 1 atom stereocenters. The van der Waals surface area contributed by atoms with Crippen molar-refractivity contribution in [3.05, 3.63) is 33.8 Å². The molecule has 1 aromatic rings. The quantitative estimate of drug-likeness (QED) is 0.927. The van der Waals surface area contributed by atoms with E-state index in [0.717, 1.165) is 5.56 Å². The zero-order valence-electron chi connectivity index (χ0n) is 9.64. The Bertz CT molecular complexity index is 548. The van der Waals surface area contributed by atoms with Crippen LogP contribution < -0.4 is 5.73 Å². The monoisotopic (exact) mass is 308 g/mol. The number of sulfonamides is 1. The smallest absolute Gasteiger partial charge is 0.218 e. The van der Waals surface area contributed by atoms with Crippen LogP contribution in [0.25, 0.3) is 0 Å². The second-order valence-electron chi connectivity index (χ2n) is 4.27. The van der Waals surface area contributed by atoms with Gasteiger partial charge < -0.3 is 5.73 Å². The standard InChI is InChI=1S/C11H14Cl2N2O2S/c12-10-2-1-8(5-11(10)13)7-15-4-3-9(6-14)18(15,16)17/h1-2,5,9H,3-4,6-7,14H2. The van der Waals surface area contributed by atoms with Crippen LogP contribution in [0.5, 0.6) is 0 Å². The predicted molar refractivity (Wildman–Crippen MR) is 73.3 cm³/mol. The molecule has 100 valence electrons. The van der Waals surface area contributed by atoms with E-state index in [1.54, 1.807) is 18.2 Å². The molecule has 1 unspecified atom stereocenters. The molecule has 4 nitrogen and oxygen atoms in total. The molecule has 1 saturated heterocycles. The number of nitrogens with two attached hydrogens (primary N) is 1. The third kappa shape index (κ3) is 2.65. The van der Waals surface area contributed by atoms with Crippen LogP contribution in [0.3, 0.4) is 0 Å². The summed E-state index contributed by atoms with van der Waals surface area (Å²) in [6.45, 7) is 0.986. The van der Waals surface area contributed by atoms with Crippen LogP contribution in [0.15, 0.2) is 18.2 Å². The van der Waals surface area contributed by atoms with Gasteiger partial charge >= 0.3 is 0 Å². The molecule has 1 heterocycles. The zero-order valence-corrected chi connectivity index (χ0v) is 12.0. The molecular formula is C11H14Cl2N2O2S. The SMILES string of the molecule is NCC1CCN(Cc2ccc(Cl)c(Cl)c2)S1(=O)=O. The summed E-state index contributed by atoms with van der Waals surface area (Å²) in [6, 6.07) is 5.14. The number of hydrogen-bond donors (Lipinski definition) is 1. The Morgan fingerprint density at radius 1 is 1.33 bits per heavy atom. The molecule has 0 spiro atoms. The molecule has 0 aromatic heterocycles. The van der Waals surface area contributed by atoms with Gasteiger partial charge in [0.15, 0.2) is 0 Å². The molecule has 7 heteroatoms. The topological polar surface area (TPSA) is 63.4 Å². The lowest BCUT2D eigenvalue weighted by molar-refractivity contribution is 0.440. The van der Waals surface area contributed by atoms with Crippen LogP contribution in [0.4, 0.5) is 0 Å². The van der Waals surface area contributed by atoms with E-state index in [-0.39, 0.29) is 6.54 Å². The summed E-state index contributed by atoms with van der Waals surface area (Å²) in [5.74, 6) is 0. The van der Waals surface area contributed by atoms with Crippen LogP contribution in [0.2, 0.25) is 10.0 Å². The van der Waals surface area contributed by atoms with Gasteiger partial charge in [-0.2, -0.15) is 4.31 Å². The Labute approximate surface area is 117 Å². The fourth-order valence-corrected chi connectivity index (χ4v) is 4.10. The highest BCUT2D eigenvalue weighted by molar-refractivity contribution is 7.90. The van der Waals surface area contributed by atoms with Gasteiger partial charge in [0, 0.05) is 19.6 Å². The van der Waals surface area contributed by atoms with E-state index >= 15 is 0 Å². The summed E-state index contributed by atoms with van der Waals surface area (Å²) in [6.07, 6.45) is 0.583. The Hall–Kier alpha value is -0.330. The van der Waals surface area contributed by atoms with Crippen molar-refractivity contribution in [2.45, 2.75) is 18.2 Å². The van der Waals surface area contributed by atoms with Crippen LogP contribution in [0, 0.1) is 0 Å². The zero-order chi connectivity index (χ0) is 13.3. The Morgan fingerprint density at radius 2 is 2.06 bits per heavy atom. The molecule has 18 heavy (non-hydrogen) atoms. The normalized spacial score (nSPS) is 23.4. The lowest BCUT2D eigenvalue weighted by atomic mass is 10.2. The fourth-order valence-electron chi connectivity index (χ4n) is 2.03. The average Bonchev–Trinajstić information content (AvgIpc) is 2.59. The van der Waals surface area contributed by atoms with Gasteiger partial charge in [-0.3, -0.25) is 0 Å². The number of rotatable bonds is 3. The molecular weight excluding hydrogens is 295 g/mol. The number of halogens is 2.